The lowest BCUT2D eigenvalue weighted by molar-refractivity contribution is 0.112. The number of aliphatic hydroxyl groups is 1. The van der Waals surface area contributed by atoms with E-state index >= 15 is 0 Å². The molecule has 3 nitrogen and oxygen atoms in total. The highest BCUT2D eigenvalue weighted by molar-refractivity contribution is 14.1. The third kappa shape index (κ3) is 2.46. The number of carbonyl (C=O) groups excluding carboxylic acids is 1. The molecule has 0 amide bonds. The zero-order chi connectivity index (χ0) is 13.4. The van der Waals surface area contributed by atoms with Crippen LogP contribution in [0.4, 0.5) is 0 Å². The van der Waals surface area contributed by atoms with Crippen molar-refractivity contribution in [3.05, 3.63) is 40.4 Å². The maximum absolute atomic E-state index is 10.7. The molecule has 1 aromatic carbocycles. The van der Waals surface area contributed by atoms with Crippen LogP contribution in [0, 0.1) is 0 Å². The van der Waals surface area contributed by atoms with E-state index in [0.29, 0.717) is 9.49 Å². The van der Waals surface area contributed by atoms with E-state index < -0.39 is 0 Å². The molecule has 0 saturated heterocycles. The number of fused-ring (bicyclic) bond motifs is 1. The first-order valence-electron chi connectivity index (χ1n) is 6.07. The highest BCUT2D eigenvalue weighted by Gasteiger charge is 2.28. The normalized spacial score (nSPS) is 22.0. The van der Waals surface area contributed by atoms with Crippen LogP contribution in [0.3, 0.4) is 0 Å². The van der Waals surface area contributed by atoms with E-state index in [1.165, 1.54) is 0 Å². The Kier molecular flexibility index (Phi) is 3.68. The standard InChI is InChI=1S/C14H12INO2S/c15-10-5-6-11(18)13-12(10)16-14(19-13)9-3-1-8(7-17)2-4-9/h1-4,7,10-11,18H,5-6H2. The number of aldehydes is 1. The number of benzene rings is 1. The smallest absolute Gasteiger partial charge is 0.150 e. The van der Waals surface area contributed by atoms with Gasteiger partial charge in [0.25, 0.3) is 0 Å². The molecule has 1 aromatic heterocycles. The summed E-state index contributed by atoms with van der Waals surface area (Å²) in [5, 5.41) is 11.0. The predicted molar refractivity (Wildman–Crippen MR) is 83.9 cm³/mol. The molecule has 0 bridgehead atoms. The molecule has 1 aliphatic rings. The van der Waals surface area contributed by atoms with E-state index in [1.54, 1.807) is 23.5 Å². The fourth-order valence-corrected chi connectivity index (χ4v) is 4.40. The molecule has 1 aliphatic carbocycles. The molecule has 2 aromatic rings. The van der Waals surface area contributed by atoms with Gasteiger partial charge in [0.2, 0.25) is 0 Å². The summed E-state index contributed by atoms with van der Waals surface area (Å²) in [4.78, 5) is 16.3. The second-order valence-electron chi connectivity index (χ2n) is 4.57. The van der Waals surface area contributed by atoms with Crippen molar-refractivity contribution in [1.82, 2.24) is 4.98 Å². The van der Waals surface area contributed by atoms with Gasteiger partial charge in [-0.25, -0.2) is 4.98 Å². The first-order valence-corrected chi connectivity index (χ1v) is 8.13. The Morgan fingerprint density at radius 3 is 2.68 bits per heavy atom. The number of aromatic nitrogens is 1. The third-order valence-electron chi connectivity index (χ3n) is 3.27. The van der Waals surface area contributed by atoms with Crippen molar-refractivity contribution in [1.29, 1.82) is 0 Å². The summed E-state index contributed by atoms with van der Waals surface area (Å²) in [6.07, 6.45) is 2.25. The van der Waals surface area contributed by atoms with Gasteiger partial charge in [-0.2, -0.15) is 0 Å². The summed E-state index contributed by atoms with van der Waals surface area (Å²) < 4.78 is 0.384. The average Bonchev–Trinajstić information content (AvgIpc) is 2.89. The number of hydrogen-bond donors (Lipinski definition) is 1. The number of alkyl halides is 1. The van der Waals surface area contributed by atoms with E-state index in [0.717, 1.165) is 40.3 Å². The lowest BCUT2D eigenvalue weighted by Crippen LogP contribution is -2.08. The van der Waals surface area contributed by atoms with Crippen LogP contribution in [0.2, 0.25) is 0 Å². The lowest BCUT2D eigenvalue weighted by atomic mass is 10.0. The molecular formula is C14H12INO2S. The van der Waals surface area contributed by atoms with Gasteiger partial charge in [0, 0.05) is 11.1 Å². The molecular weight excluding hydrogens is 373 g/mol. The molecule has 2 atom stereocenters. The number of aliphatic hydroxyl groups excluding tert-OH is 1. The van der Waals surface area contributed by atoms with Crippen LogP contribution < -0.4 is 0 Å². The number of carbonyl (C=O) groups is 1. The van der Waals surface area contributed by atoms with Crippen LogP contribution in [0.15, 0.2) is 24.3 Å². The Morgan fingerprint density at radius 1 is 1.32 bits per heavy atom. The maximum Gasteiger partial charge on any atom is 0.150 e. The quantitative estimate of drug-likeness (QED) is 0.484. The SMILES string of the molecule is O=Cc1ccc(-c2nc3c(s2)C(O)CCC3I)cc1. The van der Waals surface area contributed by atoms with Crippen LogP contribution in [-0.4, -0.2) is 16.4 Å². The zero-order valence-corrected chi connectivity index (χ0v) is 13.0. The Hall–Kier alpha value is -0.790. The molecule has 0 spiro atoms. The van der Waals surface area contributed by atoms with Gasteiger partial charge < -0.3 is 5.11 Å². The fraction of sp³-hybridized carbons (Fsp3) is 0.286. The van der Waals surface area contributed by atoms with Crippen molar-refractivity contribution in [3.63, 3.8) is 0 Å². The average molecular weight is 385 g/mol. The van der Waals surface area contributed by atoms with E-state index in [9.17, 15) is 9.90 Å². The molecule has 1 N–H and O–H groups in total. The van der Waals surface area contributed by atoms with E-state index in [-0.39, 0.29) is 6.10 Å². The van der Waals surface area contributed by atoms with Gasteiger partial charge in [-0.15, -0.1) is 11.3 Å². The second-order valence-corrected chi connectivity index (χ2v) is 7.10. The van der Waals surface area contributed by atoms with Crippen molar-refractivity contribution >= 4 is 40.2 Å². The van der Waals surface area contributed by atoms with E-state index in [1.807, 2.05) is 12.1 Å². The fourth-order valence-electron chi connectivity index (χ4n) is 2.21. The Bertz CT molecular complexity index is 581. The minimum Gasteiger partial charge on any atom is -0.388 e. The molecule has 0 fully saturated rings. The molecule has 5 heteroatoms. The topological polar surface area (TPSA) is 50.2 Å². The number of nitrogens with zero attached hydrogens (tertiary/aromatic N) is 1. The third-order valence-corrected chi connectivity index (χ3v) is 5.70. The molecule has 0 radical (unpaired) electrons. The molecule has 2 unspecified atom stereocenters. The molecule has 19 heavy (non-hydrogen) atoms. The second kappa shape index (κ2) is 5.30. The van der Waals surface area contributed by atoms with Crippen LogP contribution in [0.1, 0.15) is 43.8 Å². The highest BCUT2D eigenvalue weighted by atomic mass is 127. The Labute approximate surface area is 128 Å². The Morgan fingerprint density at radius 2 is 2.05 bits per heavy atom. The lowest BCUT2D eigenvalue weighted by Gasteiger charge is -2.19. The van der Waals surface area contributed by atoms with E-state index in [4.69, 9.17) is 0 Å². The minimum atomic E-state index is -0.374. The van der Waals surface area contributed by atoms with Crippen molar-refractivity contribution < 1.29 is 9.90 Å². The van der Waals surface area contributed by atoms with Gasteiger partial charge in [0.05, 0.1) is 20.6 Å². The molecule has 0 aliphatic heterocycles. The summed E-state index contributed by atoms with van der Waals surface area (Å²) in [5.74, 6) is 0. The number of halogens is 1. The van der Waals surface area contributed by atoms with Crippen molar-refractivity contribution in [2.24, 2.45) is 0 Å². The van der Waals surface area contributed by atoms with Crippen LogP contribution in [0.25, 0.3) is 10.6 Å². The maximum atomic E-state index is 10.7. The van der Waals surface area contributed by atoms with Crippen molar-refractivity contribution in [2.75, 3.05) is 0 Å². The summed E-state index contributed by atoms with van der Waals surface area (Å²) in [6, 6.07) is 7.40. The van der Waals surface area contributed by atoms with Gasteiger partial charge in [-0.1, -0.05) is 46.9 Å². The monoisotopic (exact) mass is 385 g/mol. The summed E-state index contributed by atoms with van der Waals surface area (Å²) in [6.45, 7) is 0. The van der Waals surface area contributed by atoms with Gasteiger partial charge >= 0.3 is 0 Å². The first kappa shape index (κ1) is 13.2. The van der Waals surface area contributed by atoms with Crippen LogP contribution >= 0.6 is 33.9 Å². The summed E-state index contributed by atoms with van der Waals surface area (Å²) in [7, 11) is 0. The number of thiazole rings is 1. The molecule has 1 heterocycles. The van der Waals surface area contributed by atoms with Crippen LogP contribution in [-0.2, 0) is 0 Å². The molecule has 3 rings (SSSR count). The van der Waals surface area contributed by atoms with Crippen LogP contribution in [0.5, 0.6) is 0 Å². The Balaban J connectivity index is 2.01. The largest absolute Gasteiger partial charge is 0.388 e. The van der Waals surface area contributed by atoms with Gasteiger partial charge in [0.15, 0.2) is 0 Å². The zero-order valence-electron chi connectivity index (χ0n) is 10.0. The minimum absolute atomic E-state index is 0.374. The highest BCUT2D eigenvalue weighted by Crippen LogP contribution is 2.45. The summed E-state index contributed by atoms with van der Waals surface area (Å²) >= 11 is 3.95. The first-order chi connectivity index (χ1) is 9.19. The van der Waals surface area contributed by atoms with Gasteiger partial charge in [0.1, 0.15) is 11.3 Å². The molecule has 0 saturated carbocycles. The molecule has 98 valence electrons. The van der Waals surface area contributed by atoms with Gasteiger partial charge in [-0.05, 0) is 12.8 Å². The summed E-state index contributed by atoms with van der Waals surface area (Å²) in [5.41, 5.74) is 2.69. The predicted octanol–water partition coefficient (Wildman–Crippen LogP) is 3.93. The van der Waals surface area contributed by atoms with E-state index in [2.05, 4.69) is 27.6 Å². The number of rotatable bonds is 2. The number of hydrogen-bond acceptors (Lipinski definition) is 4. The van der Waals surface area contributed by atoms with Gasteiger partial charge in [-0.3, -0.25) is 4.79 Å². The van der Waals surface area contributed by atoms with Crippen molar-refractivity contribution in [2.45, 2.75) is 22.9 Å². The van der Waals surface area contributed by atoms with Crippen molar-refractivity contribution in [3.8, 4) is 10.6 Å².